The standard InChI is InChI=1S/C16H22FNO2/c17-15-4-2-1-3-14(15)16(11-18-12-5-6-12)20-13-7-9-19-10-8-13/h1-4,12-13,16,18H,5-11H2. The topological polar surface area (TPSA) is 30.5 Å². The zero-order chi connectivity index (χ0) is 13.8. The molecule has 3 rings (SSSR count). The first kappa shape index (κ1) is 14.0. The van der Waals surface area contributed by atoms with Crippen LogP contribution in [0.1, 0.15) is 37.4 Å². The lowest BCUT2D eigenvalue weighted by Gasteiger charge is -2.28. The average molecular weight is 279 g/mol. The van der Waals surface area contributed by atoms with Crippen LogP contribution in [0.2, 0.25) is 0 Å². The summed E-state index contributed by atoms with van der Waals surface area (Å²) in [6.45, 7) is 2.17. The highest BCUT2D eigenvalue weighted by Gasteiger charge is 2.26. The monoisotopic (exact) mass is 279 g/mol. The van der Waals surface area contributed by atoms with Gasteiger partial charge in [-0.2, -0.15) is 0 Å². The van der Waals surface area contributed by atoms with E-state index < -0.39 is 0 Å². The second kappa shape index (κ2) is 6.66. The van der Waals surface area contributed by atoms with Crippen molar-refractivity contribution in [1.29, 1.82) is 0 Å². The van der Waals surface area contributed by atoms with Crippen LogP contribution < -0.4 is 5.32 Å². The molecule has 1 unspecified atom stereocenters. The summed E-state index contributed by atoms with van der Waals surface area (Å²) in [6.07, 6.45) is 4.21. The van der Waals surface area contributed by atoms with Crippen LogP contribution in [-0.2, 0) is 9.47 Å². The molecule has 1 saturated carbocycles. The summed E-state index contributed by atoms with van der Waals surface area (Å²) in [4.78, 5) is 0. The maximum atomic E-state index is 14.0. The summed E-state index contributed by atoms with van der Waals surface area (Å²) in [7, 11) is 0. The third-order valence-corrected chi connectivity index (χ3v) is 3.95. The summed E-state index contributed by atoms with van der Waals surface area (Å²) in [5.74, 6) is -0.179. The smallest absolute Gasteiger partial charge is 0.129 e. The second-order valence-corrected chi connectivity index (χ2v) is 5.64. The minimum Gasteiger partial charge on any atom is -0.381 e. The van der Waals surface area contributed by atoms with Crippen LogP contribution in [0.15, 0.2) is 24.3 Å². The fourth-order valence-corrected chi connectivity index (χ4v) is 2.57. The Labute approximate surface area is 119 Å². The van der Waals surface area contributed by atoms with Crippen molar-refractivity contribution in [3.05, 3.63) is 35.6 Å². The van der Waals surface area contributed by atoms with Crippen LogP contribution in [0.25, 0.3) is 0 Å². The highest BCUT2D eigenvalue weighted by Crippen LogP contribution is 2.26. The van der Waals surface area contributed by atoms with E-state index in [4.69, 9.17) is 9.47 Å². The molecule has 1 aliphatic heterocycles. The van der Waals surface area contributed by atoms with Crippen LogP contribution >= 0.6 is 0 Å². The first-order valence-electron chi connectivity index (χ1n) is 7.54. The molecule has 0 amide bonds. The molecule has 0 radical (unpaired) electrons. The molecule has 20 heavy (non-hydrogen) atoms. The predicted molar refractivity (Wildman–Crippen MR) is 75.1 cm³/mol. The number of halogens is 1. The molecule has 0 bridgehead atoms. The summed E-state index contributed by atoms with van der Waals surface area (Å²) >= 11 is 0. The largest absolute Gasteiger partial charge is 0.381 e. The molecule has 0 spiro atoms. The van der Waals surface area contributed by atoms with Crippen LogP contribution in [-0.4, -0.2) is 31.9 Å². The zero-order valence-corrected chi connectivity index (χ0v) is 11.7. The minimum absolute atomic E-state index is 0.175. The molecule has 1 N–H and O–H groups in total. The quantitative estimate of drug-likeness (QED) is 0.868. The summed E-state index contributed by atoms with van der Waals surface area (Å²) in [6, 6.07) is 7.53. The molecule has 2 aliphatic rings. The van der Waals surface area contributed by atoms with Crippen LogP contribution in [0.4, 0.5) is 4.39 Å². The molecule has 3 nitrogen and oxygen atoms in total. The van der Waals surface area contributed by atoms with Gasteiger partial charge in [-0.05, 0) is 31.7 Å². The molecule has 110 valence electrons. The van der Waals surface area contributed by atoms with Crippen molar-refractivity contribution in [3.8, 4) is 0 Å². The number of nitrogens with one attached hydrogen (secondary N) is 1. The Morgan fingerprint density at radius 2 is 1.95 bits per heavy atom. The molecule has 1 atom stereocenters. The van der Waals surface area contributed by atoms with Crippen LogP contribution in [0.3, 0.4) is 0 Å². The van der Waals surface area contributed by atoms with Gasteiger partial charge in [-0.25, -0.2) is 4.39 Å². The van der Waals surface area contributed by atoms with Crippen molar-refractivity contribution in [2.45, 2.75) is 43.9 Å². The fourth-order valence-electron chi connectivity index (χ4n) is 2.57. The first-order valence-corrected chi connectivity index (χ1v) is 7.54. The number of hydrogen-bond acceptors (Lipinski definition) is 3. The van der Waals surface area contributed by atoms with E-state index in [2.05, 4.69) is 5.32 Å². The third kappa shape index (κ3) is 3.78. The molecule has 0 aromatic heterocycles. The lowest BCUT2D eigenvalue weighted by Crippen LogP contribution is -2.31. The van der Waals surface area contributed by atoms with Gasteiger partial charge in [-0.1, -0.05) is 18.2 Å². The van der Waals surface area contributed by atoms with Gasteiger partial charge in [0.05, 0.1) is 12.2 Å². The fraction of sp³-hybridized carbons (Fsp3) is 0.625. The van der Waals surface area contributed by atoms with E-state index in [-0.39, 0.29) is 18.0 Å². The van der Waals surface area contributed by atoms with Crippen LogP contribution in [0.5, 0.6) is 0 Å². The first-order chi connectivity index (χ1) is 9.83. The van der Waals surface area contributed by atoms with Crippen molar-refractivity contribution in [3.63, 3.8) is 0 Å². The number of hydrogen-bond donors (Lipinski definition) is 1. The van der Waals surface area contributed by atoms with Crippen molar-refractivity contribution in [2.75, 3.05) is 19.8 Å². The summed E-state index contributed by atoms with van der Waals surface area (Å²) < 4.78 is 25.5. The Balaban J connectivity index is 1.66. The van der Waals surface area contributed by atoms with Crippen molar-refractivity contribution in [2.24, 2.45) is 0 Å². The average Bonchev–Trinajstić information content (AvgIpc) is 3.29. The van der Waals surface area contributed by atoms with Gasteiger partial charge in [0.25, 0.3) is 0 Å². The van der Waals surface area contributed by atoms with Gasteiger partial charge in [0.2, 0.25) is 0 Å². The van der Waals surface area contributed by atoms with Gasteiger partial charge in [0.15, 0.2) is 0 Å². The summed E-state index contributed by atoms with van der Waals surface area (Å²) in [5, 5.41) is 3.45. The summed E-state index contributed by atoms with van der Waals surface area (Å²) in [5.41, 5.74) is 0.659. The van der Waals surface area contributed by atoms with Crippen molar-refractivity contribution in [1.82, 2.24) is 5.32 Å². The maximum absolute atomic E-state index is 14.0. The Hall–Kier alpha value is -0.970. The Morgan fingerprint density at radius 3 is 2.65 bits per heavy atom. The Bertz CT molecular complexity index is 430. The molecule has 1 aromatic carbocycles. The highest BCUT2D eigenvalue weighted by atomic mass is 19.1. The van der Waals surface area contributed by atoms with Crippen molar-refractivity contribution < 1.29 is 13.9 Å². The number of ether oxygens (including phenoxy) is 2. The molecule has 1 saturated heterocycles. The van der Waals surface area contributed by atoms with E-state index in [1.807, 2.05) is 12.1 Å². The SMILES string of the molecule is Fc1ccccc1C(CNC1CC1)OC1CCOCC1. The minimum atomic E-state index is -0.208. The van der Waals surface area contributed by atoms with E-state index >= 15 is 0 Å². The van der Waals surface area contributed by atoms with E-state index in [1.165, 1.54) is 18.9 Å². The second-order valence-electron chi connectivity index (χ2n) is 5.64. The lowest BCUT2D eigenvalue weighted by atomic mass is 10.1. The number of rotatable bonds is 6. The van der Waals surface area contributed by atoms with Gasteiger partial charge in [0.1, 0.15) is 5.82 Å². The molecule has 1 aliphatic carbocycles. The maximum Gasteiger partial charge on any atom is 0.129 e. The third-order valence-electron chi connectivity index (χ3n) is 3.95. The number of benzene rings is 1. The normalized spacial score (nSPS) is 21.9. The van der Waals surface area contributed by atoms with Crippen LogP contribution in [0, 0.1) is 5.82 Å². The van der Waals surface area contributed by atoms with Gasteiger partial charge in [-0.3, -0.25) is 0 Å². The van der Waals surface area contributed by atoms with Gasteiger partial charge in [-0.15, -0.1) is 0 Å². The van der Waals surface area contributed by atoms with Gasteiger partial charge >= 0.3 is 0 Å². The van der Waals surface area contributed by atoms with Gasteiger partial charge in [0, 0.05) is 31.4 Å². The zero-order valence-electron chi connectivity index (χ0n) is 11.7. The molecular formula is C16H22FNO2. The highest BCUT2D eigenvalue weighted by molar-refractivity contribution is 5.20. The molecule has 2 fully saturated rings. The lowest BCUT2D eigenvalue weighted by molar-refractivity contribution is -0.0699. The van der Waals surface area contributed by atoms with E-state index in [0.29, 0.717) is 18.2 Å². The van der Waals surface area contributed by atoms with E-state index in [1.54, 1.807) is 6.07 Å². The molecule has 1 aromatic rings. The van der Waals surface area contributed by atoms with E-state index in [9.17, 15) is 4.39 Å². The molecular weight excluding hydrogens is 257 g/mol. The predicted octanol–water partition coefficient (Wildman–Crippen LogP) is 2.81. The van der Waals surface area contributed by atoms with Gasteiger partial charge < -0.3 is 14.8 Å². The molecule has 1 heterocycles. The molecule has 4 heteroatoms. The van der Waals surface area contributed by atoms with E-state index in [0.717, 1.165) is 26.1 Å². The van der Waals surface area contributed by atoms with Crippen molar-refractivity contribution >= 4 is 0 Å². The Morgan fingerprint density at radius 1 is 1.20 bits per heavy atom. The Kier molecular flexibility index (Phi) is 4.65.